The quantitative estimate of drug-likeness (QED) is 0.767. The molecule has 1 aromatic rings. The smallest absolute Gasteiger partial charge is 0.324 e. The first kappa shape index (κ1) is 14.3. The van der Waals surface area contributed by atoms with Crippen molar-refractivity contribution in [1.82, 2.24) is 4.90 Å². The van der Waals surface area contributed by atoms with E-state index in [1.807, 2.05) is 0 Å². The number of benzene rings is 1. The van der Waals surface area contributed by atoms with Crippen molar-refractivity contribution in [2.24, 2.45) is 5.92 Å². The number of hydrogen-bond acceptors (Lipinski definition) is 1. The number of anilines is 1. The first-order valence-electron chi connectivity index (χ1n) is 6.46. The van der Waals surface area contributed by atoms with E-state index in [9.17, 15) is 9.18 Å². The lowest BCUT2D eigenvalue weighted by molar-refractivity contribution is 0.181. The number of halogens is 2. The fourth-order valence-electron chi connectivity index (χ4n) is 2.27. The second kappa shape index (κ2) is 5.90. The topological polar surface area (TPSA) is 23.6 Å². The van der Waals surface area contributed by atoms with E-state index < -0.39 is 5.82 Å². The highest BCUT2D eigenvalue weighted by molar-refractivity contribution is 9.10. The number of likely N-dealkylation sites (tertiary alicyclic amines) is 1. The van der Waals surface area contributed by atoms with Gasteiger partial charge < -0.3 is 4.90 Å². The summed E-state index contributed by atoms with van der Waals surface area (Å²) in [5.74, 6) is 0.273. The summed E-state index contributed by atoms with van der Waals surface area (Å²) in [5, 5.41) is 0. The molecule has 2 rings (SSSR count). The van der Waals surface area contributed by atoms with E-state index in [-0.39, 0.29) is 6.03 Å². The van der Waals surface area contributed by atoms with Gasteiger partial charge in [0.25, 0.3) is 0 Å². The van der Waals surface area contributed by atoms with Gasteiger partial charge in [0.05, 0.1) is 5.69 Å². The lowest BCUT2D eigenvalue weighted by atomic mass is 9.99. The molecule has 0 atom stereocenters. The van der Waals surface area contributed by atoms with Crippen LogP contribution in [0.5, 0.6) is 0 Å². The first-order chi connectivity index (χ1) is 8.99. The van der Waals surface area contributed by atoms with Crippen LogP contribution in [0.3, 0.4) is 0 Å². The van der Waals surface area contributed by atoms with Gasteiger partial charge in [0.2, 0.25) is 0 Å². The number of rotatable bonds is 1. The highest BCUT2D eigenvalue weighted by Gasteiger charge is 2.24. The Kier molecular flexibility index (Phi) is 4.45. The minimum atomic E-state index is -0.393. The van der Waals surface area contributed by atoms with Gasteiger partial charge in [-0.05, 0) is 37.0 Å². The molecule has 1 aliphatic rings. The predicted octanol–water partition coefficient (Wildman–Crippen LogP) is 3.88. The minimum Gasteiger partial charge on any atom is -0.324 e. The Bertz CT molecular complexity index is 473. The van der Waals surface area contributed by atoms with E-state index in [0.717, 1.165) is 25.9 Å². The van der Waals surface area contributed by atoms with Gasteiger partial charge in [0.1, 0.15) is 5.82 Å². The van der Waals surface area contributed by atoms with Crippen LogP contribution >= 0.6 is 15.9 Å². The average Bonchev–Trinajstić information content (AvgIpc) is 2.38. The first-order valence-corrected chi connectivity index (χ1v) is 7.26. The second-order valence-electron chi connectivity index (χ2n) is 5.11. The maximum absolute atomic E-state index is 13.8. The van der Waals surface area contributed by atoms with Crippen LogP contribution in [0, 0.1) is 11.7 Å². The van der Waals surface area contributed by atoms with Gasteiger partial charge in [0, 0.05) is 24.6 Å². The van der Waals surface area contributed by atoms with Crippen molar-refractivity contribution in [3.8, 4) is 0 Å². The molecular weight excluding hydrogens is 311 g/mol. The van der Waals surface area contributed by atoms with Crippen LogP contribution in [0.15, 0.2) is 22.7 Å². The summed E-state index contributed by atoms with van der Waals surface area (Å²) in [6.45, 7) is 3.70. The normalized spacial score (nSPS) is 16.5. The summed E-state index contributed by atoms with van der Waals surface area (Å²) >= 11 is 3.21. The molecule has 1 aliphatic heterocycles. The lowest BCUT2D eigenvalue weighted by Gasteiger charge is -2.33. The molecule has 0 unspecified atom stereocenters. The van der Waals surface area contributed by atoms with Crippen molar-refractivity contribution in [2.75, 3.05) is 25.0 Å². The Morgan fingerprint density at radius 2 is 2.05 bits per heavy atom. The molecule has 0 aromatic heterocycles. The van der Waals surface area contributed by atoms with Gasteiger partial charge in [-0.15, -0.1) is 0 Å². The van der Waals surface area contributed by atoms with Gasteiger partial charge in [-0.2, -0.15) is 0 Å². The fourth-order valence-corrected chi connectivity index (χ4v) is 2.60. The van der Waals surface area contributed by atoms with E-state index in [0.29, 0.717) is 16.1 Å². The molecule has 1 aromatic carbocycles. The monoisotopic (exact) mass is 328 g/mol. The van der Waals surface area contributed by atoms with E-state index in [4.69, 9.17) is 0 Å². The van der Waals surface area contributed by atoms with Crippen molar-refractivity contribution in [1.29, 1.82) is 0 Å². The Morgan fingerprint density at radius 3 is 2.63 bits per heavy atom. The van der Waals surface area contributed by atoms with E-state index >= 15 is 0 Å². The second-order valence-corrected chi connectivity index (χ2v) is 6.02. The summed E-state index contributed by atoms with van der Waals surface area (Å²) in [7, 11) is 1.62. The van der Waals surface area contributed by atoms with Crippen molar-refractivity contribution in [3.05, 3.63) is 28.5 Å². The number of amides is 2. The lowest BCUT2D eigenvalue weighted by Crippen LogP contribution is -2.45. The zero-order valence-corrected chi connectivity index (χ0v) is 12.8. The number of nitrogens with zero attached hydrogens (tertiary/aromatic N) is 2. The molecule has 104 valence electrons. The molecule has 0 aliphatic carbocycles. The zero-order valence-electron chi connectivity index (χ0n) is 11.2. The third-order valence-corrected chi connectivity index (χ3v) is 4.11. The summed E-state index contributed by atoms with van der Waals surface area (Å²) in [4.78, 5) is 15.5. The van der Waals surface area contributed by atoms with Crippen molar-refractivity contribution < 1.29 is 9.18 Å². The highest BCUT2D eigenvalue weighted by atomic mass is 79.9. The van der Waals surface area contributed by atoms with Gasteiger partial charge in [0.15, 0.2) is 0 Å². The van der Waals surface area contributed by atoms with Crippen LogP contribution in [-0.2, 0) is 0 Å². The molecule has 2 amide bonds. The Balaban J connectivity index is 2.10. The van der Waals surface area contributed by atoms with Gasteiger partial charge in [-0.3, -0.25) is 4.90 Å². The van der Waals surface area contributed by atoms with Crippen LogP contribution in [-0.4, -0.2) is 31.1 Å². The summed E-state index contributed by atoms with van der Waals surface area (Å²) in [6.07, 6.45) is 2.03. The molecule has 0 saturated carbocycles. The largest absolute Gasteiger partial charge is 0.324 e. The minimum absolute atomic E-state index is 0.131. The molecule has 0 radical (unpaired) electrons. The van der Waals surface area contributed by atoms with Gasteiger partial charge in [-0.25, -0.2) is 9.18 Å². The van der Waals surface area contributed by atoms with Crippen LogP contribution < -0.4 is 4.90 Å². The molecule has 0 bridgehead atoms. The third kappa shape index (κ3) is 3.26. The molecule has 1 fully saturated rings. The fraction of sp³-hybridized carbons (Fsp3) is 0.500. The van der Waals surface area contributed by atoms with Crippen LogP contribution in [0.4, 0.5) is 14.9 Å². The number of urea groups is 1. The van der Waals surface area contributed by atoms with Crippen LogP contribution in [0.25, 0.3) is 0 Å². The SMILES string of the molecule is CC1CCN(C(=O)N(C)c2ccc(Br)cc2F)CC1. The predicted molar refractivity (Wildman–Crippen MR) is 77.9 cm³/mol. The summed E-state index contributed by atoms with van der Waals surface area (Å²) < 4.78 is 14.5. The summed E-state index contributed by atoms with van der Waals surface area (Å²) in [5.41, 5.74) is 0.312. The Labute approximate surface area is 121 Å². The molecule has 5 heteroatoms. The molecule has 19 heavy (non-hydrogen) atoms. The molecular formula is C14H18BrFN2O. The maximum Gasteiger partial charge on any atom is 0.324 e. The van der Waals surface area contributed by atoms with Crippen molar-refractivity contribution in [3.63, 3.8) is 0 Å². The molecule has 0 spiro atoms. The van der Waals surface area contributed by atoms with Gasteiger partial charge >= 0.3 is 6.03 Å². The highest BCUT2D eigenvalue weighted by Crippen LogP contribution is 2.24. The standard InChI is InChI=1S/C14H18BrFN2O/c1-10-5-7-18(8-6-10)14(19)17(2)13-4-3-11(15)9-12(13)16/h3-4,9-10H,5-8H2,1-2H3. The van der Waals surface area contributed by atoms with Gasteiger partial charge in [-0.1, -0.05) is 22.9 Å². The number of carbonyl (C=O) groups is 1. The Hall–Kier alpha value is -1.10. The van der Waals surface area contributed by atoms with Crippen molar-refractivity contribution in [2.45, 2.75) is 19.8 Å². The van der Waals surface area contributed by atoms with Crippen LogP contribution in [0.1, 0.15) is 19.8 Å². The number of carbonyl (C=O) groups excluding carboxylic acids is 1. The van der Waals surface area contributed by atoms with E-state index in [1.165, 1.54) is 11.0 Å². The molecule has 1 saturated heterocycles. The number of hydrogen-bond donors (Lipinski definition) is 0. The molecule has 3 nitrogen and oxygen atoms in total. The summed E-state index contributed by atoms with van der Waals surface area (Å²) in [6, 6.07) is 4.59. The molecule has 0 N–H and O–H groups in total. The Morgan fingerprint density at radius 1 is 1.42 bits per heavy atom. The van der Waals surface area contributed by atoms with Crippen molar-refractivity contribution >= 4 is 27.6 Å². The average molecular weight is 329 g/mol. The number of piperidine rings is 1. The van der Waals surface area contributed by atoms with E-state index in [2.05, 4.69) is 22.9 Å². The third-order valence-electron chi connectivity index (χ3n) is 3.61. The maximum atomic E-state index is 13.8. The zero-order chi connectivity index (χ0) is 14.0. The van der Waals surface area contributed by atoms with E-state index in [1.54, 1.807) is 24.1 Å². The molecule has 1 heterocycles. The van der Waals surface area contributed by atoms with Crippen LogP contribution in [0.2, 0.25) is 0 Å².